The number of aliphatic hydroxyl groups excluding tert-OH is 1. The standard InChI is InChI=1S/C12H19NO5S/c1-4-13(7-8-14)19(15,16)12-6-5-10(17-2)9-11(12)18-3/h5-6,9,14H,4,7-8H2,1-3H3. The normalized spacial score (nSPS) is 11.6. The van der Waals surface area contributed by atoms with Crippen molar-refractivity contribution in [3.8, 4) is 11.5 Å². The van der Waals surface area contributed by atoms with Gasteiger partial charge in [0.25, 0.3) is 0 Å². The summed E-state index contributed by atoms with van der Waals surface area (Å²) in [5.74, 6) is 0.733. The van der Waals surface area contributed by atoms with Crippen LogP contribution in [0.25, 0.3) is 0 Å². The maximum atomic E-state index is 12.4. The van der Waals surface area contributed by atoms with E-state index >= 15 is 0 Å². The topological polar surface area (TPSA) is 76.1 Å². The third kappa shape index (κ3) is 3.37. The van der Waals surface area contributed by atoms with Gasteiger partial charge in [0.1, 0.15) is 16.4 Å². The van der Waals surface area contributed by atoms with Crippen molar-refractivity contribution in [1.82, 2.24) is 4.31 Å². The molecule has 0 saturated heterocycles. The minimum atomic E-state index is -3.69. The van der Waals surface area contributed by atoms with Crippen LogP contribution in [0.5, 0.6) is 11.5 Å². The van der Waals surface area contributed by atoms with E-state index in [1.54, 1.807) is 13.0 Å². The first-order valence-corrected chi connectivity index (χ1v) is 7.28. The summed E-state index contributed by atoms with van der Waals surface area (Å²) < 4.78 is 36.2. The predicted octanol–water partition coefficient (Wildman–Crippen LogP) is 0.707. The Morgan fingerprint density at radius 2 is 1.95 bits per heavy atom. The zero-order valence-corrected chi connectivity index (χ0v) is 12.1. The van der Waals surface area contributed by atoms with Gasteiger partial charge in [-0.15, -0.1) is 0 Å². The molecule has 1 aromatic carbocycles. The van der Waals surface area contributed by atoms with Crippen molar-refractivity contribution in [2.75, 3.05) is 33.9 Å². The molecule has 0 atom stereocenters. The first kappa shape index (κ1) is 15.7. The van der Waals surface area contributed by atoms with Crippen molar-refractivity contribution in [2.45, 2.75) is 11.8 Å². The number of benzene rings is 1. The van der Waals surface area contributed by atoms with Gasteiger partial charge in [-0.1, -0.05) is 6.92 Å². The van der Waals surface area contributed by atoms with Gasteiger partial charge < -0.3 is 14.6 Å². The van der Waals surface area contributed by atoms with E-state index in [1.807, 2.05) is 0 Å². The smallest absolute Gasteiger partial charge is 0.246 e. The number of nitrogens with zero attached hydrogens (tertiary/aromatic N) is 1. The minimum Gasteiger partial charge on any atom is -0.497 e. The Morgan fingerprint density at radius 3 is 2.42 bits per heavy atom. The molecule has 0 heterocycles. The number of methoxy groups -OCH3 is 2. The van der Waals surface area contributed by atoms with Gasteiger partial charge in [0.05, 0.1) is 20.8 Å². The summed E-state index contributed by atoms with van der Waals surface area (Å²) in [5.41, 5.74) is 0. The summed E-state index contributed by atoms with van der Waals surface area (Å²) in [6, 6.07) is 4.51. The Hall–Kier alpha value is -1.31. The van der Waals surface area contributed by atoms with Gasteiger partial charge in [-0.25, -0.2) is 8.42 Å². The Kier molecular flexibility index (Phi) is 5.59. The molecule has 0 amide bonds. The van der Waals surface area contributed by atoms with Crippen molar-refractivity contribution >= 4 is 10.0 Å². The van der Waals surface area contributed by atoms with Crippen LogP contribution in [0.2, 0.25) is 0 Å². The van der Waals surface area contributed by atoms with E-state index < -0.39 is 10.0 Å². The molecule has 0 radical (unpaired) electrons. The molecule has 0 aromatic heterocycles. The highest BCUT2D eigenvalue weighted by Crippen LogP contribution is 2.30. The maximum absolute atomic E-state index is 12.4. The first-order chi connectivity index (χ1) is 9.01. The van der Waals surface area contributed by atoms with Crippen molar-refractivity contribution < 1.29 is 23.0 Å². The van der Waals surface area contributed by atoms with Crippen LogP contribution in [0, 0.1) is 0 Å². The number of ether oxygens (including phenoxy) is 2. The molecule has 0 bridgehead atoms. The monoisotopic (exact) mass is 289 g/mol. The second-order valence-electron chi connectivity index (χ2n) is 3.74. The molecule has 6 nitrogen and oxygen atoms in total. The quantitative estimate of drug-likeness (QED) is 0.800. The van der Waals surface area contributed by atoms with E-state index in [-0.39, 0.29) is 30.3 Å². The number of likely N-dealkylation sites (N-methyl/N-ethyl adjacent to an activating group) is 1. The predicted molar refractivity (Wildman–Crippen MR) is 71.1 cm³/mol. The molecule has 7 heteroatoms. The lowest BCUT2D eigenvalue weighted by Crippen LogP contribution is -2.33. The van der Waals surface area contributed by atoms with Gasteiger partial charge in [0, 0.05) is 19.2 Å². The zero-order valence-electron chi connectivity index (χ0n) is 11.3. The number of hydrogen-bond acceptors (Lipinski definition) is 5. The van der Waals surface area contributed by atoms with E-state index in [4.69, 9.17) is 14.6 Å². The molecule has 0 spiro atoms. The van der Waals surface area contributed by atoms with Gasteiger partial charge in [0.2, 0.25) is 10.0 Å². The lowest BCUT2D eigenvalue weighted by molar-refractivity contribution is 0.256. The van der Waals surface area contributed by atoms with Crippen LogP contribution in [0.4, 0.5) is 0 Å². The van der Waals surface area contributed by atoms with Crippen LogP contribution >= 0.6 is 0 Å². The molecule has 1 aromatic rings. The summed E-state index contributed by atoms with van der Waals surface area (Å²) in [7, 11) is -0.796. The number of aliphatic hydroxyl groups is 1. The molecule has 0 saturated carbocycles. The van der Waals surface area contributed by atoms with Crippen LogP contribution in [0.3, 0.4) is 0 Å². The fourth-order valence-corrected chi connectivity index (χ4v) is 3.26. The summed E-state index contributed by atoms with van der Waals surface area (Å²) in [5, 5.41) is 8.93. The highest BCUT2D eigenvalue weighted by Gasteiger charge is 2.26. The summed E-state index contributed by atoms with van der Waals surface area (Å²) >= 11 is 0. The number of sulfonamides is 1. The van der Waals surface area contributed by atoms with Crippen LogP contribution in [0.15, 0.2) is 23.1 Å². The molecule has 0 unspecified atom stereocenters. The van der Waals surface area contributed by atoms with E-state index in [0.29, 0.717) is 5.75 Å². The second-order valence-corrected chi connectivity index (χ2v) is 5.64. The van der Waals surface area contributed by atoms with Crippen molar-refractivity contribution in [2.24, 2.45) is 0 Å². The Bertz CT molecular complexity index is 515. The third-order valence-corrected chi connectivity index (χ3v) is 4.70. The van der Waals surface area contributed by atoms with Gasteiger partial charge in [-0.2, -0.15) is 4.31 Å². The highest BCUT2D eigenvalue weighted by atomic mass is 32.2. The molecule has 0 aliphatic carbocycles. The number of rotatable bonds is 7. The van der Waals surface area contributed by atoms with Gasteiger partial charge in [-0.3, -0.25) is 0 Å². The van der Waals surface area contributed by atoms with E-state index in [0.717, 1.165) is 0 Å². The average Bonchev–Trinajstić information content (AvgIpc) is 2.43. The zero-order chi connectivity index (χ0) is 14.5. The average molecular weight is 289 g/mol. The largest absolute Gasteiger partial charge is 0.497 e. The molecule has 19 heavy (non-hydrogen) atoms. The van der Waals surface area contributed by atoms with Crippen molar-refractivity contribution in [3.05, 3.63) is 18.2 Å². The van der Waals surface area contributed by atoms with E-state index in [1.165, 1.54) is 30.7 Å². The molecule has 0 aliphatic rings. The van der Waals surface area contributed by atoms with E-state index in [9.17, 15) is 8.42 Å². The molecular weight excluding hydrogens is 270 g/mol. The molecule has 0 fully saturated rings. The molecular formula is C12H19NO5S. The first-order valence-electron chi connectivity index (χ1n) is 5.84. The molecule has 1 N–H and O–H groups in total. The summed E-state index contributed by atoms with van der Waals surface area (Å²) in [4.78, 5) is 0.0612. The fourth-order valence-electron chi connectivity index (χ4n) is 1.69. The minimum absolute atomic E-state index is 0.0496. The molecule has 0 aliphatic heterocycles. The maximum Gasteiger partial charge on any atom is 0.246 e. The number of hydrogen-bond donors (Lipinski definition) is 1. The van der Waals surface area contributed by atoms with Crippen molar-refractivity contribution in [3.63, 3.8) is 0 Å². The molecule has 108 valence electrons. The fraction of sp³-hybridized carbons (Fsp3) is 0.500. The van der Waals surface area contributed by atoms with Crippen LogP contribution in [0.1, 0.15) is 6.92 Å². The van der Waals surface area contributed by atoms with Gasteiger partial charge >= 0.3 is 0 Å². The van der Waals surface area contributed by atoms with Crippen LogP contribution < -0.4 is 9.47 Å². The van der Waals surface area contributed by atoms with Crippen LogP contribution in [-0.4, -0.2) is 51.7 Å². The summed E-state index contributed by atoms with van der Waals surface area (Å²) in [6.07, 6.45) is 0. The Balaban J connectivity index is 3.27. The lowest BCUT2D eigenvalue weighted by atomic mass is 10.3. The lowest BCUT2D eigenvalue weighted by Gasteiger charge is -2.21. The Labute approximate surface area is 113 Å². The SMILES string of the molecule is CCN(CCO)S(=O)(=O)c1ccc(OC)cc1OC. The van der Waals surface area contributed by atoms with Crippen LogP contribution in [-0.2, 0) is 10.0 Å². The third-order valence-electron chi connectivity index (χ3n) is 2.69. The summed E-state index contributed by atoms with van der Waals surface area (Å²) in [6.45, 7) is 1.81. The second kappa shape index (κ2) is 6.74. The van der Waals surface area contributed by atoms with E-state index in [2.05, 4.69) is 0 Å². The van der Waals surface area contributed by atoms with Gasteiger partial charge in [0.15, 0.2) is 0 Å². The van der Waals surface area contributed by atoms with Crippen molar-refractivity contribution in [1.29, 1.82) is 0 Å². The Morgan fingerprint density at radius 1 is 1.26 bits per heavy atom. The molecule has 1 rings (SSSR count). The highest BCUT2D eigenvalue weighted by molar-refractivity contribution is 7.89. The van der Waals surface area contributed by atoms with Gasteiger partial charge in [-0.05, 0) is 12.1 Å².